The summed E-state index contributed by atoms with van der Waals surface area (Å²) in [6, 6.07) is 5.51. The van der Waals surface area contributed by atoms with E-state index in [1.807, 2.05) is 6.92 Å². The Hall–Kier alpha value is -1.59. The molecule has 106 valence electrons. The molecule has 0 bridgehead atoms. The van der Waals surface area contributed by atoms with Gasteiger partial charge in [-0.1, -0.05) is 0 Å². The molecule has 2 rings (SSSR count). The molecule has 0 saturated carbocycles. The molecule has 1 atom stereocenters. The quantitative estimate of drug-likeness (QED) is 0.766. The van der Waals surface area contributed by atoms with Crippen molar-refractivity contribution in [1.82, 2.24) is 4.98 Å². The number of benzene rings is 1. The topological polar surface area (TPSA) is 39.2 Å². The number of thiazole rings is 1. The largest absolute Gasteiger partial charge is 0.370 e. The van der Waals surface area contributed by atoms with Crippen molar-refractivity contribution < 1.29 is 13.9 Å². The molecule has 1 unspecified atom stereocenters. The van der Waals surface area contributed by atoms with E-state index in [2.05, 4.69) is 4.98 Å². The van der Waals surface area contributed by atoms with Crippen LogP contribution >= 0.6 is 11.3 Å². The van der Waals surface area contributed by atoms with E-state index in [0.29, 0.717) is 12.2 Å². The average Bonchev–Trinajstić information content (AvgIpc) is 2.84. The maximum absolute atomic E-state index is 12.8. The number of ketones is 1. The molecule has 0 radical (unpaired) electrons. The van der Waals surface area contributed by atoms with Crippen molar-refractivity contribution in [2.75, 3.05) is 6.61 Å². The number of carbonyl (C=O) groups excluding carboxylic acids is 1. The number of aryl methyl sites for hydroxylation is 1. The molecule has 0 N–H and O–H groups in total. The number of hydrogen-bond donors (Lipinski definition) is 0. The summed E-state index contributed by atoms with van der Waals surface area (Å²) >= 11 is 1.59. The van der Waals surface area contributed by atoms with Gasteiger partial charge in [0, 0.05) is 16.9 Å². The lowest BCUT2D eigenvalue weighted by Gasteiger charge is -2.11. The Labute approximate surface area is 121 Å². The van der Waals surface area contributed by atoms with Crippen LogP contribution in [0.5, 0.6) is 0 Å². The Morgan fingerprint density at radius 2 is 2.10 bits per heavy atom. The van der Waals surface area contributed by atoms with Gasteiger partial charge in [0.2, 0.25) is 0 Å². The van der Waals surface area contributed by atoms with Crippen LogP contribution in [0.3, 0.4) is 0 Å². The highest BCUT2D eigenvalue weighted by Gasteiger charge is 2.15. The SMILES string of the molecule is Cc1ncsc1CCOC(C)C(=O)c1ccc(F)cc1. The number of ether oxygens (including phenoxy) is 1. The van der Waals surface area contributed by atoms with Gasteiger partial charge in [-0.2, -0.15) is 0 Å². The molecule has 1 aromatic heterocycles. The first kappa shape index (κ1) is 14.8. The molecule has 3 nitrogen and oxygen atoms in total. The van der Waals surface area contributed by atoms with Crippen molar-refractivity contribution in [3.8, 4) is 0 Å². The number of hydrogen-bond acceptors (Lipinski definition) is 4. The van der Waals surface area contributed by atoms with E-state index >= 15 is 0 Å². The molecule has 0 spiro atoms. The van der Waals surface area contributed by atoms with Crippen molar-refractivity contribution in [3.63, 3.8) is 0 Å². The van der Waals surface area contributed by atoms with Gasteiger partial charge in [-0.3, -0.25) is 4.79 Å². The van der Waals surface area contributed by atoms with E-state index in [4.69, 9.17) is 4.74 Å². The minimum Gasteiger partial charge on any atom is -0.370 e. The zero-order valence-corrected chi connectivity index (χ0v) is 12.2. The second-order valence-corrected chi connectivity index (χ2v) is 5.43. The van der Waals surface area contributed by atoms with Gasteiger partial charge in [0.05, 0.1) is 17.8 Å². The molecule has 0 aliphatic heterocycles. The van der Waals surface area contributed by atoms with Gasteiger partial charge in [0.1, 0.15) is 11.9 Å². The van der Waals surface area contributed by atoms with Crippen LogP contribution in [0.4, 0.5) is 4.39 Å². The summed E-state index contributed by atoms with van der Waals surface area (Å²) < 4.78 is 18.4. The van der Waals surface area contributed by atoms with Crippen molar-refractivity contribution in [3.05, 3.63) is 51.7 Å². The van der Waals surface area contributed by atoms with Crippen LogP contribution in [0, 0.1) is 12.7 Å². The first-order valence-electron chi connectivity index (χ1n) is 6.38. The van der Waals surface area contributed by atoms with Crippen molar-refractivity contribution in [2.45, 2.75) is 26.4 Å². The molecule has 2 aromatic rings. The summed E-state index contributed by atoms with van der Waals surface area (Å²) in [5.41, 5.74) is 3.28. The maximum atomic E-state index is 12.8. The predicted molar refractivity (Wildman–Crippen MR) is 76.7 cm³/mol. The Morgan fingerprint density at radius 3 is 2.70 bits per heavy atom. The van der Waals surface area contributed by atoms with Crippen LogP contribution in [-0.4, -0.2) is 23.5 Å². The molecule has 0 saturated heterocycles. The Bertz CT molecular complexity index is 580. The van der Waals surface area contributed by atoms with E-state index in [-0.39, 0.29) is 11.6 Å². The fraction of sp³-hybridized carbons (Fsp3) is 0.333. The lowest BCUT2D eigenvalue weighted by atomic mass is 10.1. The first-order valence-corrected chi connectivity index (χ1v) is 7.26. The summed E-state index contributed by atoms with van der Waals surface area (Å²) in [5.74, 6) is -0.484. The second-order valence-electron chi connectivity index (χ2n) is 4.50. The highest BCUT2D eigenvalue weighted by Crippen LogP contribution is 2.14. The minimum absolute atomic E-state index is 0.133. The van der Waals surface area contributed by atoms with E-state index in [9.17, 15) is 9.18 Å². The van der Waals surface area contributed by atoms with Gasteiger partial charge in [0.25, 0.3) is 0 Å². The number of Topliss-reactive ketones (excluding diaryl/α,β-unsaturated/α-hetero) is 1. The summed E-state index contributed by atoms with van der Waals surface area (Å²) in [6.07, 6.45) is 0.214. The summed E-state index contributed by atoms with van der Waals surface area (Å²) in [5, 5.41) is 0. The van der Waals surface area contributed by atoms with Gasteiger partial charge in [-0.05, 0) is 38.1 Å². The van der Waals surface area contributed by atoms with E-state index in [1.54, 1.807) is 23.8 Å². The molecule has 1 heterocycles. The van der Waals surface area contributed by atoms with Gasteiger partial charge in [-0.15, -0.1) is 11.3 Å². The fourth-order valence-corrected chi connectivity index (χ4v) is 2.58. The number of rotatable bonds is 6. The van der Waals surface area contributed by atoms with Gasteiger partial charge < -0.3 is 4.74 Å². The molecular weight excluding hydrogens is 277 g/mol. The number of aromatic nitrogens is 1. The Morgan fingerprint density at radius 1 is 1.40 bits per heavy atom. The molecule has 0 aliphatic carbocycles. The highest BCUT2D eigenvalue weighted by molar-refractivity contribution is 7.09. The normalized spacial score (nSPS) is 12.3. The van der Waals surface area contributed by atoms with Crippen molar-refractivity contribution in [1.29, 1.82) is 0 Å². The summed E-state index contributed by atoms with van der Waals surface area (Å²) in [4.78, 5) is 17.4. The van der Waals surface area contributed by atoms with Crippen molar-refractivity contribution >= 4 is 17.1 Å². The minimum atomic E-state index is -0.534. The smallest absolute Gasteiger partial charge is 0.191 e. The van der Waals surface area contributed by atoms with E-state index < -0.39 is 6.10 Å². The molecule has 0 aliphatic rings. The van der Waals surface area contributed by atoms with Gasteiger partial charge in [-0.25, -0.2) is 9.37 Å². The molecule has 0 amide bonds. The van der Waals surface area contributed by atoms with E-state index in [1.165, 1.54) is 29.1 Å². The lowest BCUT2D eigenvalue weighted by Crippen LogP contribution is -2.22. The third kappa shape index (κ3) is 3.71. The average molecular weight is 293 g/mol. The Kier molecular flexibility index (Phi) is 4.98. The standard InChI is InChI=1S/C15H16FNO2S/c1-10-14(20-9-17-10)7-8-19-11(2)15(18)12-3-5-13(16)6-4-12/h3-6,9,11H,7-8H2,1-2H3. The maximum Gasteiger partial charge on any atom is 0.191 e. The lowest BCUT2D eigenvalue weighted by molar-refractivity contribution is 0.0488. The van der Waals surface area contributed by atoms with Crippen molar-refractivity contribution in [2.24, 2.45) is 0 Å². The monoisotopic (exact) mass is 293 g/mol. The van der Waals surface area contributed by atoms with E-state index in [0.717, 1.165) is 12.1 Å². The summed E-state index contributed by atoms with van der Waals surface area (Å²) in [6.45, 7) is 4.14. The predicted octanol–water partition coefficient (Wildman–Crippen LogP) is 3.42. The molecule has 20 heavy (non-hydrogen) atoms. The van der Waals surface area contributed by atoms with Crippen LogP contribution in [0.25, 0.3) is 0 Å². The first-order chi connectivity index (χ1) is 9.58. The number of carbonyl (C=O) groups is 1. The molecular formula is C15H16FNO2S. The van der Waals surface area contributed by atoms with Crippen LogP contribution in [-0.2, 0) is 11.2 Å². The highest BCUT2D eigenvalue weighted by atomic mass is 32.1. The van der Waals surface area contributed by atoms with Gasteiger partial charge in [0.15, 0.2) is 5.78 Å². The zero-order chi connectivity index (χ0) is 14.5. The summed E-state index contributed by atoms with van der Waals surface area (Å²) in [7, 11) is 0. The van der Waals surface area contributed by atoms with Crippen LogP contribution in [0.2, 0.25) is 0 Å². The number of nitrogens with zero attached hydrogens (tertiary/aromatic N) is 1. The number of halogens is 1. The zero-order valence-electron chi connectivity index (χ0n) is 11.4. The molecule has 5 heteroatoms. The van der Waals surface area contributed by atoms with Crippen LogP contribution in [0.1, 0.15) is 27.9 Å². The molecule has 0 fully saturated rings. The Balaban J connectivity index is 1.85. The molecule has 1 aromatic carbocycles. The third-order valence-corrected chi connectivity index (χ3v) is 4.03. The fourth-order valence-electron chi connectivity index (χ4n) is 1.82. The van der Waals surface area contributed by atoms with Crippen LogP contribution < -0.4 is 0 Å². The second kappa shape index (κ2) is 6.72. The van der Waals surface area contributed by atoms with Gasteiger partial charge >= 0.3 is 0 Å². The van der Waals surface area contributed by atoms with Crippen LogP contribution in [0.15, 0.2) is 29.8 Å². The third-order valence-electron chi connectivity index (χ3n) is 3.04.